The van der Waals surface area contributed by atoms with Gasteiger partial charge in [-0.3, -0.25) is 24.5 Å². The Labute approximate surface area is 193 Å². The summed E-state index contributed by atoms with van der Waals surface area (Å²) in [6.07, 6.45) is -5.71. The first-order valence-corrected chi connectivity index (χ1v) is 9.95. The van der Waals surface area contributed by atoms with Crippen molar-refractivity contribution >= 4 is 35.1 Å². The Morgan fingerprint density at radius 3 is 2.66 bits per heavy atom. The van der Waals surface area contributed by atoms with Crippen LogP contribution in [0.3, 0.4) is 0 Å². The number of carbonyl (C=O) groups excluding carboxylic acids is 4. The first kappa shape index (κ1) is 17.4. The molecule has 1 unspecified atom stereocenters. The molecule has 1 N–H and O–H groups in total. The molecule has 2 heterocycles. The minimum atomic E-state index is -3.84. The number of hydrogen-bond acceptors (Lipinski definition) is 4. The minimum absolute atomic E-state index is 0.0379. The van der Waals surface area contributed by atoms with Crippen LogP contribution in [0.2, 0.25) is 5.02 Å². The minimum Gasteiger partial charge on any atom is -0.322 e. The van der Waals surface area contributed by atoms with E-state index in [0.29, 0.717) is 4.90 Å². The number of amides is 3. The maximum atomic E-state index is 14.6. The maximum Gasteiger partial charge on any atom is 0.330 e. The lowest BCUT2D eigenvalue weighted by Crippen LogP contribution is -2.52. The number of benzene rings is 2. The third-order valence-corrected chi connectivity index (χ3v) is 5.42. The maximum absolute atomic E-state index is 14.6. The summed E-state index contributed by atoms with van der Waals surface area (Å²) in [7, 11) is 0. The zero-order valence-electron chi connectivity index (χ0n) is 20.5. The predicted molar refractivity (Wildman–Crippen MR) is 111 cm³/mol. The Kier molecular flexibility index (Phi) is 4.59. The number of imide groups is 1. The second-order valence-electron chi connectivity index (χ2n) is 7.30. The fraction of sp³-hybridized carbons (Fsp3) is 0.304. The molecule has 2 aliphatic rings. The summed E-state index contributed by atoms with van der Waals surface area (Å²) in [5.74, 6) is -8.34. The third-order valence-electron chi connectivity index (χ3n) is 5.17. The number of aryl methyl sites for hydroxylation is 1. The Morgan fingerprint density at radius 1 is 1.25 bits per heavy atom. The van der Waals surface area contributed by atoms with Gasteiger partial charge in [0.25, 0.3) is 5.91 Å². The van der Waals surface area contributed by atoms with Gasteiger partial charge in [-0.05, 0) is 42.1 Å². The number of Topliss-reactive ketones (excluding diaryl/α,β-unsaturated/α-hetero) is 1. The largest absolute Gasteiger partial charge is 0.330 e. The van der Waals surface area contributed by atoms with Gasteiger partial charge in [-0.25, -0.2) is 0 Å². The SMILES string of the molecule is [2H]C(CC(=O)C(F)(F)c1ccc(Cl)cc1)c1ccc2c(c1)CN([C@]1([2H])C(=O)NC(=O)CC1([2H])[2H])C2=O. The van der Waals surface area contributed by atoms with Gasteiger partial charge in [-0.1, -0.05) is 35.9 Å². The molecule has 0 aliphatic carbocycles. The highest BCUT2D eigenvalue weighted by atomic mass is 35.5. The summed E-state index contributed by atoms with van der Waals surface area (Å²) >= 11 is 5.70. The first-order chi connectivity index (χ1) is 16.7. The van der Waals surface area contributed by atoms with Crippen molar-refractivity contribution in [3.8, 4) is 0 Å². The van der Waals surface area contributed by atoms with Crippen molar-refractivity contribution in [3.05, 3.63) is 69.7 Å². The number of nitrogens with zero attached hydrogens (tertiary/aromatic N) is 1. The van der Waals surface area contributed by atoms with E-state index in [-0.39, 0.29) is 28.3 Å². The number of halogens is 3. The van der Waals surface area contributed by atoms with Crippen LogP contribution >= 0.6 is 11.6 Å². The number of piperidine rings is 1. The van der Waals surface area contributed by atoms with E-state index >= 15 is 0 Å². The van der Waals surface area contributed by atoms with Crippen LogP contribution in [0.5, 0.6) is 0 Å². The van der Waals surface area contributed by atoms with Gasteiger partial charge in [0, 0.05) is 39.6 Å². The molecule has 166 valence electrons. The summed E-state index contributed by atoms with van der Waals surface area (Å²) in [5.41, 5.74) is -0.137. The van der Waals surface area contributed by atoms with Crippen LogP contribution in [-0.4, -0.2) is 34.4 Å². The summed E-state index contributed by atoms with van der Waals surface area (Å²) < 4.78 is 62.2. The molecule has 1 saturated heterocycles. The van der Waals surface area contributed by atoms with E-state index in [0.717, 1.165) is 12.1 Å². The zero-order valence-corrected chi connectivity index (χ0v) is 17.2. The van der Waals surface area contributed by atoms with Crippen LogP contribution in [0.25, 0.3) is 0 Å². The van der Waals surface area contributed by atoms with Crippen molar-refractivity contribution < 1.29 is 33.4 Å². The molecule has 32 heavy (non-hydrogen) atoms. The molecule has 9 heteroatoms. The van der Waals surface area contributed by atoms with Crippen LogP contribution in [0.4, 0.5) is 8.78 Å². The molecule has 4 rings (SSSR count). The van der Waals surface area contributed by atoms with E-state index in [9.17, 15) is 28.0 Å². The van der Waals surface area contributed by atoms with Gasteiger partial charge < -0.3 is 4.90 Å². The second-order valence-corrected chi connectivity index (χ2v) is 7.74. The number of rotatable bonds is 6. The number of carbonyl (C=O) groups is 4. The lowest BCUT2D eigenvalue weighted by Gasteiger charge is -2.29. The topological polar surface area (TPSA) is 83.6 Å². The van der Waals surface area contributed by atoms with Gasteiger partial charge in [0.05, 0.1) is 1.37 Å². The van der Waals surface area contributed by atoms with E-state index in [1.54, 1.807) is 0 Å². The predicted octanol–water partition coefficient (Wildman–Crippen LogP) is 3.39. The van der Waals surface area contributed by atoms with E-state index in [1.165, 1.54) is 30.3 Å². The zero-order chi connectivity index (χ0) is 26.6. The van der Waals surface area contributed by atoms with Gasteiger partial charge in [-0.15, -0.1) is 0 Å². The van der Waals surface area contributed by atoms with Crippen molar-refractivity contribution in [2.24, 2.45) is 0 Å². The van der Waals surface area contributed by atoms with Crippen molar-refractivity contribution in [1.29, 1.82) is 0 Å². The number of fused-ring (bicyclic) bond motifs is 1. The molecular formula is C23H19ClF2N2O4. The van der Waals surface area contributed by atoms with E-state index < -0.39 is 66.6 Å². The van der Waals surface area contributed by atoms with Gasteiger partial charge in [0.1, 0.15) is 6.02 Å². The Balaban J connectivity index is 1.55. The molecule has 0 radical (unpaired) electrons. The molecule has 0 saturated carbocycles. The van der Waals surface area contributed by atoms with Gasteiger partial charge in [0.15, 0.2) is 0 Å². The molecule has 0 aromatic heterocycles. The van der Waals surface area contributed by atoms with Gasteiger partial charge in [-0.2, -0.15) is 8.78 Å². The number of alkyl halides is 2. The normalized spacial score (nSPS) is 25.2. The summed E-state index contributed by atoms with van der Waals surface area (Å²) in [5, 5.41) is 2.11. The van der Waals surface area contributed by atoms with E-state index in [2.05, 4.69) is 0 Å². The number of hydrogen-bond donors (Lipinski definition) is 1. The molecule has 2 aromatic carbocycles. The van der Waals surface area contributed by atoms with Crippen molar-refractivity contribution in [1.82, 2.24) is 10.2 Å². The molecule has 2 atom stereocenters. The monoisotopic (exact) mass is 464 g/mol. The average Bonchev–Trinajstić information content (AvgIpc) is 3.13. The van der Waals surface area contributed by atoms with Crippen molar-refractivity contribution in [2.45, 2.75) is 44.1 Å². The van der Waals surface area contributed by atoms with Crippen molar-refractivity contribution in [2.75, 3.05) is 0 Å². The fourth-order valence-electron chi connectivity index (χ4n) is 3.50. The first-order valence-electron chi connectivity index (χ1n) is 11.6. The second kappa shape index (κ2) is 8.43. The molecular weight excluding hydrogens is 442 g/mol. The summed E-state index contributed by atoms with van der Waals surface area (Å²) in [6, 6.07) is 5.70. The van der Waals surface area contributed by atoms with Crippen LogP contribution in [-0.2, 0) is 33.2 Å². The molecule has 0 bridgehead atoms. The van der Waals surface area contributed by atoms with E-state index in [4.69, 9.17) is 17.1 Å². The van der Waals surface area contributed by atoms with Crippen molar-refractivity contribution in [3.63, 3.8) is 0 Å². The Bertz CT molecular complexity index is 1290. The highest BCUT2D eigenvalue weighted by molar-refractivity contribution is 6.30. The average molecular weight is 465 g/mol. The molecule has 6 nitrogen and oxygen atoms in total. The summed E-state index contributed by atoms with van der Waals surface area (Å²) in [6.45, 7) is -0.381. The molecule has 2 aromatic rings. The van der Waals surface area contributed by atoms with Crippen LogP contribution in [0.1, 0.15) is 51.7 Å². The lowest BCUT2D eigenvalue weighted by molar-refractivity contribution is -0.144. The summed E-state index contributed by atoms with van der Waals surface area (Å²) in [4.78, 5) is 50.1. The Hall–Kier alpha value is -3.13. The van der Waals surface area contributed by atoms with Gasteiger partial charge in [0.2, 0.25) is 17.6 Å². The number of nitrogens with one attached hydrogen (secondary N) is 1. The smallest absolute Gasteiger partial charge is 0.322 e. The molecule has 1 fully saturated rings. The van der Waals surface area contributed by atoms with E-state index in [1.807, 2.05) is 5.32 Å². The molecule has 3 amide bonds. The van der Waals surface area contributed by atoms with Crippen LogP contribution in [0.15, 0.2) is 42.5 Å². The molecule has 0 spiro atoms. The highest BCUT2D eigenvalue weighted by Crippen LogP contribution is 2.32. The quantitative estimate of drug-likeness (QED) is 0.664. The van der Waals surface area contributed by atoms with Crippen LogP contribution in [0, 0.1) is 0 Å². The molecule has 2 aliphatic heterocycles. The number of ketones is 1. The Morgan fingerprint density at radius 2 is 1.97 bits per heavy atom. The van der Waals surface area contributed by atoms with Crippen LogP contribution < -0.4 is 5.32 Å². The third kappa shape index (κ3) is 4.14. The van der Waals surface area contributed by atoms with Gasteiger partial charge >= 0.3 is 5.92 Å². The lowest BCUT2D eigenvalue weighted by atomic mass is 9.97. The standard InChI is InChI=1S/C23H19ClF2N2O4/c24-16-5-3-15(4-6-16)23(25,26)19(29)9-2-13-1-7-17-14(11-13)12-28(22(17)32)18-8-10-20(30)27-21(18)31/h1,3-7,11,18H,2,8-10,12H2,(H,27,30,31)/t18-/m0/s1/i2D,8D2,18D/t2?,18-. The highest BCUT2D eigenvalue weighted by Gasteiger charge is 2.41. The fourth-order valence-corrected chi connectivity index (χ4v) is 3.63.